The van der Waals surface area contributed by atoms with Crippen molar-refractivity contribution in [2.24, 2.45) is 0 Å². The van der Waals surface area contributed by atoms with Crippen LogP contribution in [-0.2, 0) is 11.2 Å². The number of carboxylic acids is 1. The zero-order valence-corrected chi connectivity index (χ0v) is 11.5. The number of hydrogen-bond acceptors (Lipinski definition) is 3. The lowest BCUT2D eigenvalue weighted by Crippen LogP contribution is -2.21. The summed E-state index contributed by atoms with van der Waals surface area (Å²) in [6.07, 6.45) is 1.43. The number of anilines is 2. The molecule has 1 aromatic heterocycles. The molecule has 0 unspecified atom stereocenters. The fraction of sp³-hybridized carbons (Fsp3) is 0.133. The number of nitrogens with zero attached hydrogens (tertiary/aromatic N) is 1. The van der Waals surface area contributed by atoms with Gasteiger partial charge >= 0.3 is 12.0 Å². The highest BCUT2D eigenvalue weighted by molar-refractivity contribution is 6.00. The van der Waals surface area contributed by atoms with Crippen molar-refractivity contribution in [3.05, 3.63) is 53.7 Å². The van der Waals surface area contributed by atoms with Gasteiger partial charge in [-0.05, 0) is 30.2 Å². The molecular weight excluding hydrogens is 270 g/mol. The van der Waals surface area contributed by atoms with Gasteiger partial charge in [0.15, 0.2) is 0 Å². The average Bonchev–Trinajstić information content (AvgIpc) is 2.43. The van der Waals surface area contributed by atoms with E-state index in [-0.39, 0.29) is 6.42 Å². The van der Waals surface area contributed by atoms with Crippen LogP contribution in [0.15, 0.2) is 42.6 Å². The summed E-state index contributed by atoms with van der Waals surface area (Å²) in [4.78, 5) is 26.8. The number of aryl methyl sites for hydroxylation is 1. The van der Waals surface area contributed by atoms with Crippen molar-refractivity contribution in [3.63, 3.8) is 0 Å². The summed E-state index contributed by atoms with van der Waals surface area (Å²) in [5, 5.41) is 14.1. The normalized spacial score (nSPS) is 9.95. The molecule has 0 fully saturated rings. The highest BCUT2D eigenvalue weighted by Gasteiger charge is 2.10. The molecule has 0 bridgehead atoms. The predicted molar refractivity (Wildman–Crippen MR) is 79.4 cm³/mol. The minimum absolute atomic E-state index is 0.154. The van der Waals surface area contributed by atoms with Crippen LogP contribution in [0.25, 0.3) is 0 Å². The Kier molecular flexibility index (Phi) is 4.50. The second kappa shape index (κ2) is 6.51. The first-order valence-electron chi connectivity index (χ1n) is 6.35. The van der Waals surface area contributed by atoms with E-state index in [9.17, 15) is 9.59 Å². The summed E-state index contributed by atoms with van der Waals surface area (Å²) in [7, 11) is 0. The van der Waals surface area contributed by atoms with E-state index >= 15 is 0 Å². The fourth-order valence-corrected chi connectivity index (χ4v) is 1.84. The third-order valence-corrected chi connectivity index (χ3v) is 2.85. The van der Waals surface area contributed by atoms with Crippen LogP contribution in [0.1, 0.15) is 11.1 Å². The van der Waals surface area contributed by atoms with E-state index in [0.29, 0.717) is 17.1 Å². The van der Waals surface area contributed by atoms with Gasteiger partial charge in [0, 0.05) is 11.9 Å². The van der Waals surface area contributed by atoms with Gasteiger partial charge in [-0.3, -0.25) is 10.1 Å². The number of urea groups is 1. The fourth-order valence-electron chi connectivity index (χ4n) is 1.84. The van der Waals surface area contributed by atoms with Gasteiger partial charge < -0.3 is 10.4 Å². The maximum Gasteiger partial charge on any atom is 0.324 e. The van der Waals surface area contributed by atoms with Crippen molar-refractivity contribution in [2.45, 2.75) is 13.3 Å². The summed E-state index contributed by atoms with van der Waals surface area (Å²) in [5.41, 5.74) is 1.84. The summed E-state index contributed by atoms with van der Waals surface area (Å²) >= 11 is 0. The largest absolute Gasteiger partial charge is 0.481 e. The highest BCUT2D eigenvalue weighted by Crippen LogP contribution is 2.16. The van der Waals surface area contributed by atoms with Crippen molar-refractivity contribution < 1.29 is 14.7 Å². The Labute approximate surface area is 121 Å². The number of amides is 2. The molecule has 0 saturated carbocycles. The molecule has 3 N–H and O–H groups in total. The molecule has 1 heterocycles. The molecule has 6 nitrogen and oxygen atoms in total. The van der Waals surface area contributed by atoms with Gasteiger partial charge in [0.1, 0.15) is 5.82 Å². The molecule has 0 aliphatic rings. The Morgan fingerprint density at radius 3 is 2.62 bits per heavy atom. The number of nitrogens with one attached hydrogen (secondary N) is 2. The van der Waals surface area contributed by atoms with Crippen LogP contribution in [0.4, 0.5) is 16.3 Å². The van der Waals surface area contributed by atoms with Gasteiger partial charge in [0.05, 0.1) is 6.42 Å². The van der Waals surface area contributed by atoms with Crippen LogP contribution < -0.4 is 10.6 Å². The Bertz CT molecular complexity index is 671. The summed E-state index contributed by atoms with van der Waals surface area (Å²) in [5.74, 6) is -0.490. The lowest BCUT2D eigenvalue weighted by molar-refractivity contribution is -0.136. The first-order chi connectivity index (χ1) is 10.1. The lowest BCUT2D eigenvalue weighted by atomic mass is 10.1. The number of pyridine rings is 1. The first-order valence-corrected chi connectivity index (χ1v) is 6.35. The number of aliphatic carboxylic acids is 1. The van der Waals surface area contributed by atoms with E-state index < -0.39 is 12.0 Å². The minimum atomic E-state index is -0.953. The van der Waals surface area contributed by atoms with E-state index in [4.69, 9.17) is 5.11 Å². The molecule has 108 valence electrons. The van der Waals surface area contributed by atoms with Gasteiger partial charge in [-0.25, -0.2) is 9.78 Å². The zero-order chi connectivity index (χ0) is 15.2. The molecule has 0 saturated heterocycles. The summed E-state index contributed by atoms with van der Waals surface area (Å²) in [6, 6.07) is 9.92. The molecule has 0 radical (unpaired) electrons. The third-order valence-electron chi connectivity index (χ3n) is 2.85. The first kappa shape index (κ1) is 14.5. The quantitative estimate of drug-likeness (QED) is 0.805. The van der Waals surface area contributed by atoms with Crippen LogP contribution in [-0.4, -0.2) is 22.1 Å². The lowest BCUT2D eigenvalue weighted by Gasteiger charge is -2.11. The van der Waals surface area contributed by atoms with Crippen molar-refractivity contribution in [1.29, 1.82) is 0 Å². The van der Waals surface area contributed by atoms with Gasteiger partial charge in [-0.2, -0.15) is 0 Å². The predicted octanol–water partition coefficient (Wildman–Crippen LogP) is 2.66. The zero-order valence-electron chi connectivity index (χ0n) is 11.5. The molecule has 0 aliphatic carbocycles. The number of aromatic nitrogens is 1. The van der Waals surface area contributed by atoms with Crippen molar-refractivity contribution in [3.8, 4) is 0 Å². The van der Waals surface area contributed by atoms with Gasteiger partial charge in [-0.1, -0.05) is 24.3 Å². The number of carbonyl (C=O) groups is 2. The van der Waals surface area contributed by atoms with Crippen LogP contribution in [0.3, 0.4) is 0 Å². The van der Waals surface area contributed by atoms with E-state index in [1.165, 1.54) is 0 Å². The average molecular weight is 285 g/mol. The van der Waals surface area contributed by atoms with E-state index in [0.717, 1.165) is 5.56 Å². The Hall–Kier alpha value is -2.89. The number of benzene rings is 1. The summed E-state index contributed by atoms with van der Waals surface area (Å²) in [6.45, 7) is 1.83. The molecular formula is C15H15N3O3. The Balaban J connectivity index is 2.10. The van der Waals surface area contributed by atoms with Crippen molar-refractivity contribution in [1.82, 2.24) is 4.98 Å². The van der Waals surface area contributed by atoms with E-state index in [1.54, 1.807) is 36.5 Å². The number of carboxylic acid groups (broad SMARTS) is 1. The molecule has 2 rings (SSSR count). The second-order valence-corrected chi connectivity index (χ2v) is 4.48. The topological polar surface area (TPSA) is 91.3 Å². The molecule has 0 aliphatic heterocycles. The van der Waals surface area contributed by atoms with Crippen LogP contribution >= 0.6 is 0 Å². The Morgan fingerprint density at radius 2 is 1.90 bits per heavy atom. The highest BCUT2D eigenvalue weighted by atomic mass is 16.4. The standard InChI is InChI=1S/C15H15N3O3/c1-10-5-4-8-16-14(10)18-15(21)17-12-7-3-2-6-11(12)9-13(19)20/h2-8H,9H2,1H3,(H,19,20)(H2,16,17,18,21). The molecule has 6 heteroatoms. The molecule has 2 amide bonds. The molecule has 21 heavy (non-hydrogen) atoms. The number of rotatable bonds is 4. The number of carbonyl (C=O) groups excluding carboxylic acids is 1. The molecule has 0 spiro atoms. The number of para-hydroxylation sites is 1. The third kappa shape index (κ3) is 4.04. The Morgan fingerprint density at radius 1 is 1.14 bits per heavy atom. The van der Waals surface area contributed by atoms with Crippen LogP contribution in [0, 0.1) is 6.92 Å². The SMILES string of the molecule is Cc1cccnc1NC(=O)Nc1ccccc1CC(=O)O. The molecule has 1 aromatic carbocycles. The minimum Gasteiger partial charge on any atom is -0.481 e. The number of hydrogen-bond donors (Lipinski definition) is 3. The van der Waals surface area contributed by atoms with Crippen molar-refractivity contribution >= 4 is 23.5 Å². The monoisotopic (exact) mass is 285 g/mol. The van der Waals surface area contributed by atoms with Gasteiger partial charge in [0.2, 0.25) is 0 Å². The van der Waals surface area contributed by atoms with Gasteiger partial charge in [-0.15, -0.1) is 0 Å². The molecule has 2 aromatic rings. The smallest absolute Gasteiger partial charge is 0.324 e. The maximum atomic E-state index is 12.0. The van der Waals surface area contributed by atoms with E-state index in [2.05, 4.69) is 15.6 Å². The maximum absolute atomic E-state index is 12.0. The molecule has 0 atom stereocenters. The summed E-state index contributed by atoms with van der Waals surface area (Å²) < 4.78 is 0. The van der Waals surface area contributed by atoms with E-state index in [1.807, 2.05) is 13.0 Å². The second-order valence-electron chi connectivity index (χ2n) is 4.48. The van der Waals surface area contributed by atoms with Gasteiger partial charge in [0.25, 0.3) is 0 Å². The van der Waals surface area contributed by atoms with Crippen LogP contribution in [0.5, 0.6) is 0 Å². The van der Waals surface area contributed by atoms with Crippen LogP contribution in [0.2, 0.25) is 0 Å². The van der Waals surface area contributed by atoms with Crippen molar-refractivity contribution in [2.75, 3.05) is 10.6 Å².